The van der Waals surface area contributed by atoms with Gasteiger partial charge in [0.1, 0.15) is 0 Å². The van der Waals surface area contributed by atoms with Crippen molar-refractivity contribution >= 4 is 31.9 Å². The summed E-state index contributed by atoms with van der Waals surface area (Å²) in [5, 5.41) is 18.3. The Morgan fingerprint density at radius 3 is 1.80 bits per heavy atom. The van der Waals surface area contributed by atoms with Gasteiger partial charge in [0.15, 0.2) is 0 Å². The smallest absolute Gasteiger partial charge is 0.0951 e. The molecule has 0 spiro atoms. The Balaban J connectivity index is 2.19. The predicted octanol–water partition coefficient (Wildman–Crippen LogP) is 2.82. The molecule has 0 unspecified atom stereocenters. The molecule has 0 aliphatic heterocycles. The fraction of sp³-hybridized carbons (Fsp3) is 0.455. The van der Waals surface area contributed by atoms with Gasteiger partial charge in [0.2, 0.25) is 0 Å². The highest BCUT2D eigenvalue weighted by Crippen LogP contribution is 2.83. The zero-order valence-corrected chi connectivity index (χ0v) is 10.8. The maximum absolute atomic E-state index is 9.13. The second-order valence-electron chi connectivity index (χ2n) is 4.31. The van der Waals surface area contributed by atoms with Gasteiger partial charge in [0, 0.05) is 31.6 Å². The van der Waals surface area contributed by atoms with Crippen LogP contribution in [0, 0.1) is 33.5 Å². The SMILES string of the molecule is N#CC1=C[C@H](Br)[C@]23C[C@]12[C@@H](Br)C=C3C#N. The van der Waals surface area contributed by atoms with Crippen molar-refractivity contribution in [3.8, 4) is 12.1 Å². The minimum Gasteiger partial charge on any atom is -0.193 e. The van der Waals surface area contributed by atoms with E-state index in [1.807, 2.05) is 12.2 Å². The molecule has 2 nitrogen and oxygen atoms in total. The second kappa shape index (κ2) is 2.56. The zero-order chi connectivity index (χ0) is 10.8. The van der Waals surface area contributed by atoms with Crippen LogP contribution < -0.4 is 0 Å². The van der Waals surface area contributed by atoms with Crippen molar-refractivity contribution in [2.75, 3.05) is 0 Å². The third-order valence-corrected chi connectivity index (χ3v) is 6.09. The first-order valence-electron chi connectivity index (χ1n) is 4.66. The maximum Gasteiger partial charge on any atom is 0.0951 e. The lowest BCUT2D eigenvalue weighted by Crippen LogP contribution is -2.18. The minimum absolute atomic E-state index is 0.124. The molecule has 3 aliphatic rings. The van der Waals surface area contributed by atoms with Gasteiger partial charge in [-0.05, 0) is 6.42 Å². The van der Waals surface area contributed by atoms with Crippen LogP contribution in [0.4, 0.5) is 0 Å². The van der Waals surface area contributed by atoms with Crippen molar-refractivity contribution in [3.05, 3.63) is 23.3 Å². The molecule has 0 amide bonds. The summed E-state index contributed by atoms with van der Waals surface area (Å²) in [5.74, 6) is 0. The molecule has 4 heteroatoms. The van der Waals surface area contributed by atoms with Gasteiger partial charge < -0.3 is 0 Å². The second-order valence-corrected chi connectivity index (χ2v) is 6.28. The van der Waals surface area contributed by atoms with Crippen LogP contribution in [0.1, 0.15) is 6.42 Å². The molecular formula is C11H6Br2N2. The van der Waals surface area contributed by atoms with Crippen LogP contribution in [0.2, 0.25) is 0 Å². The molecule has 3 aliphatic carbocycles. The summed E-state index contributed by atoms with van der Waals surface area (Å²) in [6.45, 7) is 0. The molecule has 3 rings (SSSR count). The normalized spacial score (nSPS) is 49.6. The molecule has 0 N–H and O–H groups in total. The van der Waals surface area contributed by atoms with Gasteiger partial charge in [-0.25, -0.2) is 0 Å². The van der Waals surface area contributed by atoms with E-state index in [0.29, 0.717) is 0 Å². The molecule has 0 heterocycles. The molecule has 0 saturated heterocycles. The zero-order valence-electron chi connectivity index (χ0n) is 7.67. The summed E-state index contributed by atoms with van der Waals surface area (Å²) >= 11 is 7.18. The predicted molar refractivity (Wildman–Crippen MR) is 62.3 cm³/mol. The summed E-state index contributed by atoms with van der Waals surface area (Å²) in [6.07, 6.45) is 4.84. The molecule has 0 aromatic rings. The average molecular weight is 326 g/mol. The Kier molecular flexibility index (Phi) is 1.65. The van der Waals surface area contributed by atoms with Gasteiger partial charge >= 0.3 is 0 Å². The molecule has 15 heavy (non-hydrogen) atoms. The highest BCUT2D eigenvalue weighted by atomic mass is 79.9. The molecule has 0 bridgehead atoms. The minimum atomic E-state index is -0.124. The highest BCUT2D eigenvalue weighted by Gasteiger charge is 2.81. The fourth-order valence-corrected chi connectivity index (χ4v) is 5.36. The lowest BCUT2D eigenvalue weighted by Gasteiger charge is -2.15. The van der Waals surface area contributed by atoms with Crippen LogP contribution in [-0.4, -0.2) is 9.65 Å². The van der Waals surface area contributed by atoms with Crippen LogP contribution in [0.3, 0.4) is 0 Å². The van der Waals surface area contributed by atoms with Crippen LogP contribution in [0.15, 0.2) is 23.3 Å². The van der Waals surface area contributed by atoms with Gasteiger partial charge in [0.25, 0.3) is 0 Å². The molecule has 0 radical (unpaired) electrons. The molecular weight excluding hydrogens is 320 g/mol. The van der Waals surface area contributed by atoms with E-state index in [1.54, 1.807) is 0 Å². The maximum atomic E-state index is 9.13. The van der Waals surface area contributed by atoms with Crippen molar-refractivity contribution in [1.29, 1.82) is 10.5 Å². The lowest BCUT2D eigenvalue weighted by atomic mass is 9.91. The number of nitriles is 2. The number of rotatable bonds is 0. The van der Waals surface area contributed by atoms with E-state index in [9.17, 15) is 0 Å². The van der Waals surface area contributed by atoms with E-state index in [1.165, 1.54) is 0 Å². The van der Waals surface area contributed by atoms with Crippen molar-refractivity contribution in [1.82, 2.24) is 0 Å². The van der Waals surface area contributed by atoms with Gasteiger partial charge in [-0.3, -0.25) is 0 Å². The molecule has 1 saturated carbocycles. The lowest BCUT2D eigenvalue weighted by molar-refractivity contribution is 0.550. The summed E-state index contributed by atoms with van der Waals surface area (Å²) < 4.78 is 0. The summed E-state index contributed by atoms with van der Waals surface area (Å²) in [7, 11) is 0. The molecule has 4 atom stereocenters. The summed E-state index contributed by atoms with van der Waals surface area (Å²) in [6, 6.07) is 4.55. The number of hydrogen-bond acceptors (Lipinski definition) is 2. The Hall–Kier alpha value is -0.580. The molecule has 74 valence electrons. The van der Waals surface area contributed by atoms with E-state index in [0.717, 1.165) is 17.6 Å². The van der Waals surface area contributed by atoms with E-state index >= 15 is 0 Å². The van der Waals surface area contributed by atoms with Gasteiger partial charge in [0.05, 0.1) is 12.1 Å². The van der Waals surface area contributed by atoms with E-state index in [-0.39, 0.29) is 20.5 Å². The third kappa shape index (κ3) is 0.747. The van der Waals surface area contributed by atoms with Gasteiger partial charge in [-0.2, -0.15) is 10.5 Å². The van der Waals surface area contributed by atoms with Crippen LogP contribution >= 0.6 is 31.9 Å². The molecule has 0 aromatic heterocycles. The molecule has 0 aromatic carbocycles. The standard InChI is InChI=1S/C11H6Br2N2/c12-8-1-6(3-14)10-5-11(8,10)7(4-15)2-9(10)13/h1-2,8-9H,5H2/t8-,9-,10+,11+/m0/s1. The first-order chi connectivity index (χ1) is 7.13. The van der Waals surface area contributed by atoms with E-state index in [4.69, 9.17) is 10.5 Å². The van der Waals surface area contributed by atoms with E-state index in [2.05, 4.69) is 44.0 Å². The Bertz CT molecular complexity index is 462. The topological polar surface area (TPSA) is 47.6 Å². The van der Waals surface area contributed by atoms with Crippen LogP contribution in [-0.2, 0) is 0 Å². The largest absolute Gasteiger partial charge is 0.193 e. The number of allylic oxidation sites excluding steroid dienone is 4. The van der Waals surface area contributed by atoms with E-state index < -0.39 is 0 Å². The van der Waals surface area contributed by atoms with Crippen molar-refractivity contribution < 1.29 is 0 Å². The van der Waals surface area contributed by atoms with Crippen molar-refractivity contribution in [2.24, 2.45) is 10.8 Å². The molecule has 1 fully saturated rings. The Morgan fingerprint density at radius 1 is 1.07 bits per heavy atom. The summed E-state index contributed by atoms with van der Waals surface area (Å²) in [4.78, 5) is 0.265. The van der Waals surface area contributed by atoms with Crippen LogP contribution in [0.25, 0.3) is 0 Å². The quantitative estimate of drug-likeness (QED) is 0.643. The van der Waals surface area contributed by atoms with Crippen molar-refractivity contribution in [3.63, 3.8) is 0 Å². The number of alkyl halides is 2. The highest BCUT2D eigenvalue weighted by molar-refractivity contribution is 9.10. The monoisotopic (exact) mass is 324 g/mol. The fourth-order valence-electron chi connectivity index (χ4n) is 3.20. The van der Waals surface area contributed by atoms with Crippen molar-refractivity contribution in [2.45, 2.75) is 16.1 Å². The van der Waals surface area contributed by atoms with Gasteiger partial charge in [-0.15, -0.1) is 0 Å². The summed E-state index contributed by atoms with van der Waals surface area (Å²) in [5.41, 5.74) is 1.41. The average Bonchev–Trinajstić information content (AvgIpc) is 2.81. The number of nitrogens with zero attached hydrogens (tertiary/aromatic N) is 2. The Labute approximate surface area is 105 Å². The first-order valence-corrected chi connectivity index (χ1v) is 6.49. The first kappa shape index (κ1) is 9.63. The number of hydrogen-bond donors (Lipinski definition) is 0. The number of halogens is 2. The van der Waals surface area contributed by atoms with Gasteiger partial charge in [-0.1, -0.05) is 44.0 Å². The van der Waals surface area contributed by atoms with Crippen LogP contribution in [0.5, 0.6) is 0 Å². The Morgan fingerprint density at radius 2 is 1.47 bits per heavy atom. The third-order valence-electron chi connectivity index (χ3n) is 4.00.